The molecule has 106 valence electrons. The second kappa shape index (κ2) is 5.58. The van der Waals surface area contributed by atoms with Crippen molar-refractivity contribution in [3.63, 3.8) is 0 Å². The van der Waals surface area contributed by atoms with Gasteiger partial charge in [0, 0.05) is 29.3 Å². The number of carboxylic acids is 1. The van der Waals surface area contributed by atoms with Crippen LogP contribution in [0.4, 0.5) is 5.69 Å². The Hall–Kier alpha value is -1.33. The van der Waals surface area contributed by atoms with Crippen molar-refractivity contribution >= 4 is 33.7 Å². The SMILES string of the molecule is O=C(O)/C=C/c1cc(Br)ccc1N1CC2CCC(C1)O2. The lowest BCUT2D eigenvalue weighted by atomic mass is 10.1. The number of morpholine rings is 1. The molecular weight excluding hydrogens is 322 g/mol. The summed E-state index contributed by atoms with van der Waals surface area (Å²) in [6.45, 7) is 1.76. The zero-order chi connectivity index (χ0) is 14.1. The van der Waals surface area contributed by atoms with E-state index in [0.29, 0.717) is 12.2 Å². The maximum atomic E-state index is 10.7. The maximum Gasteiger partial charge on any atom is 0.328 e. The minimum absolute atomic E-state index is 0.314. The van der Waals surface area contributed by atoms with Crippen LogP contribution in [0.1, 0.15) is 18.4 Å². The molecule has 2 saturated heterocycles. The first-order valence-electron chi connectivity index (χ1n) is 6.73. The normalized spacial score (nSPS) is 25.4. The Bertz CT molecular complexity index is 546. The molecule has 0 aliphatic carbocycles. The van der Waals surface area contributed by atoms with Crippen molar-refractivity contribution in [2.75, 3.05) is 18.0 Å². The van der Waals surface area contributed by atoms with Crippen molar-refractivity contribution < 1.29 is 14.6 Å². The van der Waals surface area contributed by atoms with E-state index >= 15 is 0 Å². The zero-order valence-electron chi connectivity index (χ0n) is 11.0. The standard InChI is InChI=1S/C15H16BrNO3/c16-11-2-5-14(10(7-11)1-6-15(18)19)17-8-12-3-4-13(9-17)20-12/h1-2,5-7,12-13H,3-4,8-9H2,(H,18,19)/b6-1+. The Morgan fingerprint density at radius 3 is 2.70 bits per heavy atom. The first-order chi connectivity index (χ1) is 9.61. The van der Waals surface area contributed by atoms with Crippen LogP contribution in [0, 0.1) is 0 Å². The molecule has 4 nitrogen and oxygen atoms in total. The Morgan fingerprint density at radius 2 is 2.05 bits per heavy atom. The summed E-state index contributed by atoms with van der Waals surface area (Å²) in [5.41, 5.74) is 1.99. The van der Waals surface area contributed by atoms with Crippen LogP contribution in [-0.2, 0) is 9.53 Å². The second-order valence-electron chi connectivity index (χ2n) is 5.24. The highest BCUT2D eigenvalue weighted by Gasteiger charge is 2.34. The second-order valence-corrected chi connectivity index (χ2v) is 6.15. The van der Waals surface area contributed by atoms with Gasteiger partial charge in [0.2, 0.25) is 0 Å². The summed E-state index contributed by atoms with van der Waals surface area (Å²) in [6.07, 6.45) is 5.71. The predicted molar refractivity (Wildman–Crippen MR) is 80.9 cm³/mol. The quantitative estimate of drug-likeness (QED) is 0.861. The summed E-state index contributed by atoms with van der Waals surface area (Å²) < 4.78 is 6.79. The number of halogens is 1. The zero-order valence-corrected chi connectivity index (χ0v) is 12.5. The van der Waals surface area contributed by atoms with Gasteiger partial charge in [0.25, 0.3) is 0 Å². The Balaban J connectivity index is 1.90. The van der Waals surface area contributed by atoms with Gasteiger partial charge in [-0.3, -0.25) is 0 Å². The third-order valence-electron chi connectivity index (χ3n) is 3.78. The van der Waals surface area contributed by atoms with Crippen molar-refractivity contribution in [2.24, 2.45) is 0 Å². The predicted octanol–water partition coefficient (Wildman–Crippen LogP) is 2.91. The van der Waals surface area contributed by atoms with Gasteiger partial charge in [-0.25, -0.2) is 4.79 Å². The number of hydrogen-bond acceptors (Lipinski definition) is 3. The molecular formula is C15H16BrNO3. The van der Waals surface area contributed by atoms with Crippen LogP contribution in [0.5, 0.6) is 0 Å². The van der Waals surface area contributed by atoms with Crippen LogP contribution in [0.15, 0.2) is 28.7 Å². The van der Waals surface area contributed by atoms with Gasteiger partial charge in [0.1, 0.15) is 0 Å². The van der Waals surface area contributed by atoms with E-state index in [1.165, 1.54) is 6.08 Å². The number of rotatable bonds is 3. The van der Waals surface area contributed by atoms with Gasteiger partial charge in [0.05, 0.1) is 12.2 Å². The molecule has 2 bridgehead atoms. The fourth-order valence-electron chi connectivity index (χ4n) is 2.92. The van der Waals surface area contributed by atoms with Crippen LogP contribution in [0.2, 0.25) is 0 Å². The fourth-order valence-corrected chi connectivity index (χ4v) is 3.30. The number of carbonyl (C=O) groups is 1. The Kier molecular flexibility index (Phi) is 3.81. The van der Waals surface area contributed by atoms with Gasteiger partial charge in [-0.15, -0.1) is 0 Å². The van der Waals surface area contributed by atoms with Crippen molar-refractivity contribution in [1.29, 1.82) is 0 Å². The molecule has 0 aromatic heterocycles. The summed E-state index contributed by atoms with van der Waals surface area (Å²) >= 11 is 3.44. The highest BCUT2D eigenvalue weighted by molar-refractivity contribution is 9.10. The first-order valence-corrected chi connectivity index (χ1v) is 7.52. The minimum atomic E-state index is -0.932. The third-order valence-corrected chi connectivity index (χ3v) is 4.27. The molecule has 5 heteroatoms. The van der Waals surface area contributed by atoms with Gasteiger partial charge < -0.3 is 14.7 Å². The Morgan fingerprint density at radius 1 is 1.35 bits per heavy atom. The molecule has 2 atom stereocenters. The molecule has 1 aromatic carbocycles. The molecule has 1 N–H and O–H groups in total. The van der Waals surface area contributed by atoms with E-state index < -0.39 is 5.97 Å². The number of fused-ring (bicyclic) bond motifs is 2. The largest absolute Gasteiger partial charge is 0.478 e. The van der Waals surface area contributed by atoms with Crippen molar-refractivity contribution in [3.8, 4) is 0 Å². The van der Waals surface area contributed by atoms with Crippen LogP contribution in [0.3, 0.4) is 0 Å². The van der Waals surface area contributed by atoms with E-state index in [9.17, 15) is 4.79 Å². The summed E-state index contributed by atoms with van der Waals surface area (Å²) in [6, 6.07) is 5.98. The average molecular weight is 338 g/mol. The summed E-state index contributed by atoms with van der Waals surface area (Å²) in [4.78, 5) is 13.0. The molecule has 2 aliphatic heterocycles. The molecule has 1 aromatic rings. The molecule has 0 radical (unpaired) electrons. The average Bonchev–Trinajstić information content (AvgIpc) is 2.75. The summed E-state index contributed by atoms with van der Waals surface area (Å²) in [5, 5.41) is 8.81. The van der Waals surface area contributed by atoms with Gasteiger partial charge in [-0.1, -0.05) is 15.9 Å². The van der Waals surface area contributed by atoms with Gasteiger partial charge in [0.15, 0.2) is 0 Å². The number of ether oxygens (including phenoxy) is 1. The minimum Gasteiger partial charge on any atom is -0.478 e. The van der Waals surface area contributed by atoms with E-state index in [0.717, 1.165) is 41.7 Å². The lowest BCUT2D eigenvalue weighted by Gasteiger charge is -2.34. The number of aliphatic carboxylic acids is 1. The molecule has 20 heavy (non-hydrogen) atoms. The van der Waals surface area contributed by atoms with E-state index in [1.54, 1.807) is 6.08 Å². The summed E-state index contributed by atoms with van der Waals surface area (Å²) in [5.74, 6) is -0.932. The third kappa shape index (κ3) is 2.88. The number of hydrogen-bond donors (Lipinski definition) is 1. The Labute approximate surface area is 126 Å². The molecule has 2 unspecified atom stereocenters. The van der Waals surface area contributed by atoms with Crippen LogP contribution < -0.4 is 4.90 Å². The van der Waals surface area contributed by atoms with Crippen molar-refractivity contribution in [3.05, 3.63) is 34.3 Å². The number of benzene rings is 1. The lowest BCUT2D eigenvalue weighted by molar-refractivity contribution is -0.131. The van der Waals surface area contributed by atoms with Gasteiger partial charge in [-0.2, -0.15) is 0 Å². The molecule has 0 spiro atoms. The topological polar surface area (TPSA) is 49.8 Å². The molecule has 2 aliphatic rings. The van der Waals surface area contributed by atoms with Crippen molar-refractivity contribution in [1.82, 2.24) is 0 Å². The first kappa shape index (κ1) is 13.6. The fraction of sp³-hybridized carbons (Fsp3) is 0.400. The van der Waals surface area contributed by atoms with Crippen LogP contribution >= 0.6 is 15.9 Å². The van der Waals surface area contributed by atoms with Crippen LogP contribution in [-0.4, -0.2) is 36.4 Å². The highest BCUT2D eigenvalue weighted by atomic mass is 79.9. The molecule has 3 rings (SSSR count). The van der Waals surface area contributed by atoms with Gasteiger partial charge in [-0.05, 0) is 42.7 Å². The van der Waals surface area contributed by atoms with E-state index in [1.807, 2.05) is 18.2 Å². The molecule has 0 amide bonds. The van der Waals surface area contributed by atoms with Crippen molar-refractivity contribution in [2.45, 2.75) is 25.0 Å². The van der Waals surface area contributed by atoms with Crippen LogP contribution in [0.25, 0.3) is 6.08 Å². The molecule has 2 heterocycles. The van der Waals surface area contributed by atoms with E-state index in [2.05, 4.69) is 20.8 Å². The van der Waals surface area contributed by atoms with E-state index in [-0.39, 0.29) is 0 Å². The highest BCUT2D eigenvalue weighted by Crippen LogP contribution is 2.33. The van der Waals surface area contributed by atoms with Gasteiger partial charge >= 0.3 is 5.97 Å². The monoisotopic (exact) mass is 337 g/mol. The number of nitrogens with zero attached hydrogens (tertiary/aromatic N) is 1. The smallest absolute Gasteiger partial charge is 0.328 e. The lowest BCUT2D eigenvalue weighted by Crippen LogP contribution is -2.42. The number of anilines is 1. The number of carboxylic acid groups (broad SMARTS) is 1. The molecule has 2 fully saturated rings. The summed E-state index contributed by atoms with van der Waals surface area (Å²) in [7, 11) is 0. The maximum absolute atomic E-state index is 10.7. The molecule has 0 saturated carbocycles. The van der Waals surface area contributed by atoms with E-state index in [4.69, 9.17) is 9.84 Å².